The molecule has 5 nitrogen and oxygen atoms in total. The van der Waals surface area contributed by atoms with Gasteiger partial charge in [-0.1, -0.05) is 34.1 Å². The van der Waals surface area contributed by atoms with E-state index < -0.39 is 0 Å². The first-order valence-electron chi connectivity index (χ1n) is 7.32. The fourth-order valence-electron chi connectivity index (χ4n) is 2.51. The Balaban J connectivity index is 1.58. The Morgan fingerprint density at radius 1 is 1.27 bits per heavy atom. The van der Waals surface area contributed by atoms with Crippen molar-refractivity contribution in [3.05, 3.63) is 52.5 Å². The van der Waals surface area contributed by atoms with Crippen LogP contribution in [0.25, 0.3) is 11.3 Å². The molecule has 0 spiro atoms. The van der Waals surface area contributed by atoms with Gasteiger partial charge in [0.05, 0.1) is 11.4 Å². The van der Waals surface area contributed by atoms with E-state index in [0.717, 1.165) is 28.4 Å². The van der Waals surface area contributed by atoms with Crippen molar-refractivity contribution in [2.45, 2.75) is 32.2 Å². The summed E-state index contributed by atoms with van der Waals surface area (Å²) < 4.78 is 7.23. The molecule has 1 aliphatic carbocycles. The average Bonchev–Trinajstić information content (AvgIpc) is 3.17. The third-order valence-corrected chi connectivity index (χ3v) is 4.23. The summed E-state index contributed by atoms with van der Waals surface area (Å²) in [6.45, 7) is 2.55. The number of rotatable bonds is 4. The maximum Gasteiger partial charge on any atom is 0.158 e. The van der Waals surface area contributed by atoms with Gasteiger partial charge in [-0.2, -0.15) is 0 Å². The molecule has 0 atom stereocenters. The molecular weight excluding hydrogens is 300 g/mol. The number of hydrogen-bond acceptors (Lipinski definition) is 4. The monoisotopic (exact) mass is 314 g/mol. The van der Waals surface area contributed by atoms with E-state index in [-0.39, 0.29) is 0 Å². The standard InChI is InChI=1S/C16H15ClN4O/c1-10-16(12-4-6-13(17)7-5-12)18-20-21(10)9-14-8-15(19-22-14)11-2-3-11/h4-8,11H,2-3,9H2,1H3. The highest BCUT2D eigenvalue weighted by atomic mass is 35.5. The molecule has 112 valence electrons. The van der Waals surface area contributed by atoms with Crippen LogP contribution in [0, 0.1) is 6.92 Å². The molecular formula is C16H15ClN4O. The number of halogens is 1. The molecule has 1 saturated carbocycles. The van der Waals surface area contributed by atoms with Crippen LogP contribution in [0.1, 0.15) is 35.9 Å². The van der Waals surface area contributed by atoms with Gasteiger partial charge in [0.15, 0.2) is 5.76 Å². The van der Waals surface area contributed by atoms with Crippen LogP contribution in [0.3, 0.4) is 0 Å². The van der Waals surface area contributed by atoms with Gasteiger partial charge in [-0.05, 0) is 31.9 Å². The Bertz CT molecular complexity index is 802. The molecule has 0 aliphatic heterocycles. The minimum Gasteiger partial charge on any atom is -0.359 e. The molecule has 22 heavy (non-hydrogen) atoms. The Kier molecular flexibility index (Phi) is 3.22. The van der Waals surface area contributed by atoms with Crippen molar-refractivity contribution in [3.8, 4) is 11.3 Å². The average molecular weight is 315 g/mol. The molecule has 3 aromatic rings. The van der Waals surface area contributed by atoms with E-state index in [2.05, 4.69) is 15.5 Å². The van der Waals surface area contributed by atoms with Gasteiger partial charge in [0.2, 0.25) is 0 Å². The molecule has 0 bridgehead atoms. The summed E-state index contributed by atoms with van der Waals surface area (Å²) in [5, 5.41) is 13.3. The predicted molar refractivity (Wildman–Crippen MR) is 82.8 cm³/mol. The highest BCUT2D eigenvalue weighted by Gasteiger charge is 2.27. The van der Waals surface area contributed by atoms with Gasteiger partial charge in [0.25, 0.3) is 0 Å². The Morgan fingerprint density at radius 2 is 2.05 bits per heavy atom. The fourth-order valence-corrected chi connectivity index (χ4v) is 2.63. The van der Waals surface area contributed by atoms with E-state index in [1.54, 1.807) is 0 Å². The van der Waals surface area contributed by atoms with Crippen molar-refractivity contribution in [1.82, 2.24) is 20.2 Å². The van der Waals surface area contributed by atoms with Crippen LogP contribution in [0.5, 0.6) is 0 Å². The lowest BCUT2D eigenvalue weighted by Crippen LogP contribution is -2.03. The second kappa shape index (κ2) is 5.25. The lowest BCUT2D eigenvalue weighted by molar-refractivity contribution is 0.364. The van der Waals surface area contributed by atoms with Crippen LogP contribution in [0.2, 0.25) is 5.02 Å². The Morgan fingerprint density at radius 3 is 2.77 bits per heavy atom. The molecule has 1 aromatic carbocycles. The van der Waals surface area contributed by atoms with Crippen LogP contribution < -0.4 is 0 Å². The van der Waals surface area contributed by atoms with Crippen molar-refractivity contribution in [1.29, 1.82) is 0 Å². The maximum absolute atomic E-state index is 5.92. The first-order valence-corrected chi connectivity index (χ1v) is 7.70. The van der Waals surface area contributed by atoms with Gasteiger partial charge in [0.1, 0.15) is 12.2 Å². The van der Waals surface area contributed by atoms with E-state index in [1.807, 2.05) is 41.9 Å². The summed E-state index contributed by atoms with van der Waals surface area (Å²) in [7, 11) is 0. The van der Waals surface area contributed by atoms with Crippen molar-refractivity contribution in [3.63, 3.8) is 0 Å². The van der Waals surface area contributed by atoms with Crippen LogP contribution in [0.15, 0.2) is 34.9 Å². The summed E-state index contributed by atoms with van der Waals surface area (Å²) in [6.07, 6.45) is 2.43. The maximum atomic E-state index is 5.92. The Hall–Kier alpha value is -2.14. The van der Waals surface area contributed by atoms with Crippen LogP contribution >= 0.6 is 11.6 Å². The highest BCUT2D eigenvalue weighted by molar-refractivity contribution is 6.30. The SMILES string of the molecule is Cc1c(-c2ccc(Cl)cc2)nnn1Cc1cc(C2CC2)no1. The number of benzene rings is 1. The molecule has 6 heteroatoms. The lowest BCUT2D eigenvalue weighted by Gasteiger charge is -2.01. The largest absolute Gasteiger partial charge is 0.359 e. The minimum absolute atomic E-state index is 0.548. The van der Waals surface area contributed by atoms with Gasteiger partial charge in [-0.3, -0.25) is 0 Å². The smallest absolute Gasteiger partial charge is 0.158 e. The normalized spacial score (nSPS) is 14.5. The number of nitrogens with zero attached hydrogens (tertiary/aromatic N) is 4. The third-order valence-electron chi connectivity index (χ3n) is 3.98. The van der Waals surface area contributed by atoms with E-state index >= 15 is 0 Å². The molecule has 1 aliphatic rings. The first-order chi connectivity index (χ1) is 10.7. The van der Waals surface area contributed by atoms with E-state index in [0.29, 0.717) is 17.5 Å². The molecule has 1 fully saturated rings. The van der Waals surface area contributed by atoms with Crippen LogP contribution in [0.4, 0.5) is 0 Å². The zero-order chi connectivity index (χ0) is 15.1. The van der Waals surface area contributed by atoms with Gasteiger partial charge in [-0.25, -0.2) is 4.68 Å². The Labute approximate surface area is 132 Å². The molecule has 2 heterocycles. The van der Waals surface area contributed by atoms with Crippen LogP contribution in [-0.2, 0) is 6.54 Å². The van der Waals surface area contributed by atoms with Gasteiger partial charge in [-0.15, -0.1) is 5.10 Å². The van der Waals surface area contributed by atoms with Crippen molar-refractivity contribution in [2.24, 2.45) is 0 Å². The number of aromatic nitrogens is 4. The zero-order valence-electron chi connectivity index (χ0n) is 12.2. The summed E-state index contributed by atoms with van der Waals surface area (Å²) in [4.78, 5) is 0. The minimum atomic E-state index is 0.548. The van der Waals surface area contributed by atoms with Gasteiger partial charge >= 0.3 is 0 Å². The topological polar surface area (TPSA) is 56.7 Å². The molecule has 0 N–H and O–H groups in total. The molecule has 0 radical (unpaired) electrons. The second-order valence-electron chi connectivity index (χ2n) is 5.68. The fraction of sp³-hybridized carbons (Fsp3) is 0.312. The quantitative estimate of drug-likeness (QED) is 0.734. The third kappa shape index (κ3) is 2.52. The van der Waals surface area contributed by atoms with Crippen molar-refractivity contribution >= 4 is 11.6 Å². The van der Waals surface area contributed by atoms with E-state index in [9.17, 15) is 0 Å². The first kappa shape index (κ1) is 13.5. The van der Waals surface area contributed by atoms with E-state index in [1.165, 1.54) is 12.8 Å². The second-order valence-corrected chi connectivity index (χ2v) is 6.12. The van der Waals surface area contributed by atoms with Gasteiger partial charge in [0, 0.05) is 22.6 Å². The molecule has 0 unspecified atom stereocenters. The predicted octanol–water partition coefficient (Wildman–Crippen LogP) is 3.82. The summed E-state index contributed by atoms with van der Waals surface area (Å²) >= 11 is 5.92. The zero-order valence-corrected chi connectivity index (χ0v) is 12.9. The summed E-state index contributed by atoms with van der Waals surface area (Å²) in [5.41, 5.74) is 3.92. The molecule has 4 rings (SSSR count). The molecule has 2 aromatic heterocycles. The van der Waals surface area contributed by atoms with Crippen molar-refractivity contribution in [2.75, 3.05) is 0 Å². The summed E-state index contributed by atoms with van der Waals surface area (Å²) in [5.74, 6) is 1.41. The highest BCUT2D eigenvalue weighted by Crippen LogP contribution is 2.39. The lowest BCUT2D eigenvalue weighted by atomic mass is 10.1. The molecule has 0 amide bonds. The van der Waals surface area contributed by atoms with Crippen molar-refractivity contribution < 1.29 is 4.52 Å². The van der Waals surface area contributed by atoms with Gasteiger partial charge < -0.3 is 4.52 Å². The summed E-state index contributed by atoms with van der Waals surface area (Å²) in [6, 6.07) is 9.63. The van der Waals surface area contributed by atoms with E-state index in [4.69, 9.17) is 16.1 Å². The van der Waals surface area contributed by atoms with Crippen LogP contribution in [-0.4, -0.2) is 20.2 Å². The number of hydrogen-bond donors (Lipinski definition) is 0. The molecule has 0 saturated heterocycles.